The molecule has 0 spiro atoms. The maximum atomic E-state index is 13.2. The van der Waals surface area contributed by atoms with Crippen LogP contribution in [0.2, 0.25) is 0 Å². The lowest BCUT2D eigenvalue weighted by molar-refractivity contribution is -0.116. The van der Waals surface area contributed by atoms with E-state index in [1.807, 2.05) is 121 Å². The van der Waals surface area contributed by atoms with E-state index < -0.39 is 11.8 Å². The van der Waals surface area contributed by atoms with Crippen LogP contribution in [-0.4, -0.2) is 11.8 Å². The van der Waals surface area contributed by atoms with E-state index >= 15 is 0 Å². The molecule has 4 rings (SSSR count). The van der Waals surface area contributed by atoms with Crippen molar-refractivity contribution in [3.05, 3.63) is 133 Å². The standard InChI is InChI=1S/C28H24N4O2/c33-27(31(25-17-9-3-10-18-25)29-23-13-5-1-6-14-23)21-22-28(34)32(26-19-11-4-12-20-26)30-24-15-7-2-8-16-24/h1-22,29-30H/b22-21+. The number of anilines is 4. The maximum Gasteiger partial charge on any atom is 0.269 e. The quantitative estimate of drug-likeness (QED) is 0.270. The second-order valence-electron chi connectivity index (χ2n) is 7.31. The molecule has 0 aliphatic carbocycles. The Bertz CT molecular complexity index is 1130. The summed E-state index contributed by atoms with van der Waals surface area (Å²) in [6.45, 7) is 0. The molecule has 4 aromatic carbocycles. The molecule has 0 unspecified atom stereocenters. The molecule has 0 radical (unpaired) electrons. The van der Waals surface area contributed by atoms with Gasteiger partial charge in [0.15, 0.2) is 0 Å². The summed E-state index contributed by atoms with van der Waals surface area (Å²) >= 11 is 0. The molecule has 4 aromatic rings. The van der Waals surface area contributed by atoms with Gasteiger partial charge in [0, 0.05) is 12.2 Å². The van der Waals surface area contributed by atoms with Crippen molar-refractivity contribution in [1.82, 2.24) is 0 Å². The van der Waals surface area contributed by atoms with E-state index in [9.17, 15) is 9.59 Å². The first-order valence-corrected chi connectivity index (χ1v) is 10.8. The predicted molar refractivity (Wildman–Crippen MR) is 137 cm³/mol. The van der Waals surface area contributed by atoms with Gasteiger partial charge >= 0.3 is 0 Å². The molecule has 0 aromatic heterocycles. The van der Waals surface area contributed by atoms with Crippen LogP contribution in [0.15, 0.2) is 133 Å². The summed E-state index contributed by atoms with van der Waals surface area (Å²) in [7, 11) is 0. The number of carbonyl (C=O) groups is 2. The first-order valence-electron chi connectivity index (χ1n) is 10.8. The smallest absolute Gasteiger partial charge is 0.269 e. The first-order chi connectivity index (χ1) is 16.7. The molecule has 0 bridgehead atoms. The molecule has 2 amide bonds. The Hall–Kier alpha value is -4.84. The van der Waals surface area contributed by atoms with Gasteiger partial charge in [0.2, 0.25) is 0 Å². The van der Waals surface area contributed by atoms with Gasteiger partial charge < -0.3 is 0 Å². The highest BCUT2D eigenvalue weighted by atomic mass is 16.2. The Kier molecular flexibility index (Phi) is 7.33. The number of para-hydroxylation sites is 4. The van der Waals surface area contributed by atoms with E-state index in [4.69, 9.17) is 0 Å². The highest BCUT2D eigenvalue weighted by Gasteiger charge is 2.17. The third-order valence-electron chi connectivity index (χ3n) is 4.87. The van der Waals surface area contributed by atoms with Crippen molar-refractivity contribution in [2.45, 2.75) is 0 Å². The Morgan fingerprint density at radius 1 is 0.471 bits per heavy atom. The minimum atomic E-state index is -0.392. The number of hydrogen-bond donors (Lipinski definition) is 2. The molecule has 0 saturated heterocycles. The zero-order valence-corrected chi connectivity index (χ0v) is 18.4. The van der Waals surface area contributed by atoms with Crippen LogP contribution in [0, 0.1) is 0 Å². The molecular weight excluding hydrogens is 424 g/mol. The van der Waals surface area contributed by atoms with E-state index in [-0.39, 0.29) is 0 Å². The monoisotopic (exact) mass is 448 g/mol. The van der Waals surface area contributed by atoms with Crippen LogP contribution in [0.1, 0.15) is 0 Å². The molecule has 0 fully saturated rings. The molecule has 0 aliphatic rings. The molecule has 6 nitrogen and oxygen atoms in total. The van der Waals surface area contributed by atoms with Gasteiger partial charge in [-0.25, -0.2) is 10.0 Å². The fourth-order valence-electron chi connectivity index (χ4n) is 3.22. The Balaban J connectivity index is 1.56. The minimum Gasteiger partial charge on any atom is -0.291 e. The molecule has 0 heterocycles. The Labute approximate surface area is 198 Å². The first kappa shape index (κ1) is 22.4. The van der Waals surface area contributed by atoms with Crippen molar-refractivity contribution >= 4 is 34.6 Å². The van der Waals surface area contributed by atoms with Gasteiger partial charge in [-0.05, 0) is 48.5 Å². The van der Waals surface area contributed by atoms with Gasteiger partial charge in [-0.3, -0.25) is 20.4 Å². The zero-order valence-electron chi connectivity index (χ0n) is 18.4. The summed E-state index contributed by atoms with van der Waals surface area (Å²) in [5, 5.41) is 2.80. The van der Waals surface area contributed by atoms with Crippen LogP contribution < -0.4 is 20.9 Å². The predicted octanol–water partition coefficient (Wildman–Crippen LogP) is 5.66. The van der Waals surface area contributed by atoms with E-state index in [0.29, 0.717) is 11.4 Å². The number of carbonyl (C=O) groups excluding carboxylic acids is 2. The van der Waals surface area contributed by atoms with Gasteiger partial charge in [-0.2, -0.15) is 0 Å². The summed E-state index contributed by atoms with van der Waals surface area (Å²) in [4.78, 5) is 26.3. The Morgan fingerprint density at radius 2 is 0.765 bits per heavy atom. The van der Waals surface area contributed by atoms with Crippen molar-refractivity contribution in [3.63, 3.8) is 0 Å². The van der Waals surface area contributed by atoms with Crippen LogP contribution in [-0.2, 0) is 9.59 Å². The van der Waals surface area contributed by atoms with Crippen molar-refractivity contribution in [1.29, 1.82) is 0 Å². The highest BCUT2D eigenvalue weighted by Crippen LogP contribution is 2.19. The molecule has 0 aliphatic heterocycles. The zero-order chi connectivity index (χ0) is 23.6. The average Bonchev–Trinajstić information content (AvgIpc) is 2.91. The number of amides is 2. The van der Waals surface area contributed by atoms with Crippen LogP contribution in [0.3, 0.4) is 0 Å². The van der Waals surface area contributed by atoms with Crippen LogP contribution in [0.4, 0.5) is 22.7 Å². The summed E-state index contributed by atoms with van der Waals surface area (Å²) in [6, 6.07) is 37.1. The maximum absolute atomic E-state index is 13.2. The fraction of sp³-hybridized carbons (Fsp3) is 0. The Morgan fingerprint density at radius 3 is 1.09 bits per heavy atom. The number of hydrazine groups is 2. The summed E-state index contributed by atoms with van der Waals surface area (Å²) in [6.07, 6.45) is 2.52. The molecule has 6 heteroatoms. The average molecular weight is 449 g/mol. The minimum absolute atomic E-state index is 0.392. The summed E-state index contributed by atoms with van der Waals surface area (Å²) in [5.41, 5.74) is 9.01. The van der Waals surface area contributed by atoms with Crippen LogP contribution in [0.5, 0.6) is 0 Å². The van der Waals surface area contributed by atoms with Crippen LogP contribution >= 0.6 is 0 Å². The molecule has 0 atom stereocenters. The van der Waals surface area contributed by atoms with Crippen molar-refractivity contribution in [3.8, 4) is 0 Å². The van der Waals surface area contributed by atoms with E-state index in [1.54, 1.807) is 0 Å². The lowest BCUT2D eigenvalue weighted by atomic mass is 10.3. The van der Waals surface area contributed by atoms with E-state index in [1.165, 1.54) is 22.2 Å². The number of nitrogens with zero attached hydrogens (tertiary/aromatic N) is 2. The largest absolute Gasteiger partial charge is 0.291 e. The number of rotatable bonds is 8. The summed E-state index contributed by atoms with van der Waals surface area (Å²) in [5.74, 6) is -0.785. The second-order valence-corrected chi connectivity index (χ2v) is 7.31. The fourth-order valence-corrected chi connectivity index (χ4v) is 3.22. The molecule has 168 valence electrons. The third-order valence-corrected chi connectivity index (χ3v) is 4.87. The van der Waals surface area contributed by atoms with Gasteiger partial charge in [-0.15, -0.1) is 0 Å². The van der Waals surface area contributed by atoms with Crippen LogP contribution in [0.25, 0.3) is 0 Å². The van der Waals surface area contributed by atoms with Crippen molar-refractivity contribution < 1.29 is 9.59 Å². The van der Waals surface area contributed by atoms with E-state index in [2.05, 4.69) is 10.9 Å². The topological polar surface area (TPSA) is 64.7 Å². The van der Waals surface area contributed by atoms with E-state index in [0.717, 1.165) is 11.4 Å². The third kappa shape index (κ3) is 5.89. The SMILES string of the molecule is O=C(/C=C/C(=O)N(Nc1ccccc1)c1ccccc1)N(Nc1ccccc1)c1ccccc1. The van der Waals surface area contributed by atoms with Gasteiger partial charge in [0.25, 0.3) is 11.8 Å². The number of hydrogen-bond acceptors (Lipinski definition) is 4. The van der Waals surface area contributed by atoms with Crippen molar-refractivity contribution in [2.75, 3.05) is 20.9 Å². The highest BCUT2D eigenvalue weighted by molar-refractivity contribution is 6.10. The number of nitrogens with one attached hydrogen (secondary N) is 2. The van der Waals surface area contributed by atoms with Gasteiger partial charge in [-0.1, -0.05) is 72.8 Å². The molecular formula is C28H24N4O2. The lowest BCUT2D eigenvalue weighted by Gasteiger charge is -2.24. The molecule has 34 heavy (non-hydrogen) atoms. The number of benzene rings is 4. The second kappa shape index (κ2) is 11.2. The van der Waals surface area contributed by atoms with Crippen molar-refractivity contribution in [2.24, 2.45) is 0 Å². The normalized spacial score (nSPS) is 10.5. The molecule has 0 saturated carbocycles. The molecule has 2 N–H and O–H groups in total. The lowest BCUT2D eigenvalue weighted by Crippen LogP contribution is -2.37. The summed E-state index contributed by atoms with van der Waals surface area (Å²) < 4.78 is 0. The van der Waals surface area contributed by atoms with Gasteiger partial charge in [0.05, 0.1) is 22.7 Å². The van der Waals surface area contributed by atoms with Gasteiger partial charge in [0.1, 0.15) is 0 Å².